The van der Waals surface area contributed by atoms with E-state index in [2.05, 4.69) is 91.5 Å². The van der Waals surface area contributed by atoms with Crippen LogP contribution in [0.25, 0.3) is 11.1 Å². The number of hydrogen-bond acceptors (Lipinski definition) is 2. The lowest BCUT2D eigenvalue weighted by atomic mass is 9.67. The van der Waals surface area contributed by atoms with E-state index in [1.54, 1.807) is 0 Å². The lowest BCUT2D eigenvalue weighted by Crippen LogP contribution is -2.39. The van der Waals surface area contributed by atoms with Crippen molar-refractivity contribution < 1.29 is 10.0 Å². The summed E-state index contributed by atoms with van der Waals surface area (Å²) in [4.78, 5) is 0. The van der Waals surface area contributed by atoms with E-state index in [1.807, 2.05) is 6.07 Å². The van der Waals surface area contributed by atoms with Crippen molar-refractivity contribution in [2.75, 3.05) is 0 Å². The fraction of sp³-hybridized carbons (Fsp3) is 0.667. The van der Waals surface area contributed by atoms with Crippen molar-refractivity contribution in [1.29, 1.82) is 0 Å². The number of fused-ring (bicyclic) bond motifs is 3. The van der Waals surface area contributed by atoms with E-state index >= 15 is 0 Å². The average molecular weight is 563 g/mol. The van der Waals surface area contributed by atoms with E-state index in [0.29, 0.717) is 17.3 Å². The van der Waals surface area contributed by atoms with E-state index in [-0.39, 0.29) is 5.41 Å². The van der Waals surface area contributed by atoms with Crippen LogP contribution in [0.15, 0.2) is 36.4 Å². The van der Waals surface area contributed by atoms with Crippen molar-refractivity contribution >= 4 is 25.8 Å². The Bertz CT molecular complexity index is 1060. The molecule has 2 nitrogen and oxygen atoms in total. The van der Waals surface area contributed by atoms with E-state index in [4.69, 9.17) is 0 Å². The van der Waals surface area contributed by atoms with Gasteiger partial charge < -0.3 is 10.0 Å². The summed E-state index contributed by atoms with van der Waals surface area (Å²) in [6, 6.07) is 13.6. The Kier molecular flexibility index (Phi) is 11.8. The monoisotopic (exact) mass is 562 g/mol. The molecule has 0 unspecified atom stereocenters. The van der Waals surface area contributed by atoms with Gasteiger partial charge in [-0.15, -0.1) is 0 Å². The van der Waals surface area contributed by atoms with Crippen LogP contribution in [0.4, 0.5) is 0 Å². The second-order valence-electron chi connectivity index (χ2n) is 15.2. The maximum atomic E-state index is 10.2. The Morgan fingerprint density at radius 3 is 1.57 bits per heavy atom. The molecule has 0 heterocycles. The van der Waals surface area contributed by atoms with Gasteiger partial charge in [-0.2, -0.15) is 0 Å². The van der Waals surface area contributed by atoms with Crippen LogP contribution >= 0.6 is 0 Å². The molecular weight excluding hydrogens is 503 g/mol. The second kappa shape index (κ2) is 14.2. The van der Waals surface area contributed by atoms with E-state index in [1.165, 1.54) is 78.8 Å². The normalized spacial score (nSPS) is 15.8. The first-order chi connectivity index (χ1) is 18.7. The highest BCUT2D eigenvalue weighted by atomic mass is 28.3. The highest BCUT2D eigenvalue weighted by molar-refractivity contribution is 6.88. The number of hydrogen-bond donors (Lipinski definition) is 2. The Morgan fingerprint density at radius 2 is 1.12 bits per heavy atom. The predicted molar refractivity (Wildman–Crippen MR) is 180 cm³/mol. The summed E-state index contributed by atoms with van der Waals surface area (Å²) >= 11 is 0. The molecule has 2 N–H and O–H groups in total. The van der Waals surface area contributed by atoms with Gasteiger partial charge in [0.2, 0.25) is 0 Å². The van der Waals surface area contributed by atoms with Gasteiger partial charge >= 0.3 is 7.12 Å². The van der Waals surface area contributed by atoms with Crippen molar-refractivity contribution in [2.24, 2.45) is 23.7 Å². The Balaban J connectivity index is 2.04. The van der Waals surface area contributed by atoms with Gasteiger partial charge in [-0.25, -0.2) is 0 Å². The van der Waals surface area contributed by atoms with Crippen molar-refractivity contribution in [2.45, 2.75) is 131 Å². The highest BCUT2D eigenvalue weighted by Crippen LogP contribution is 2.54. The van der Waals surface area contributed by atoms with Crippen LogP contribution in [0.1, 0.15) is 117 Å². The molecule has 40 heavy (non-hydrogen) atoms. The molecule has 0 saturated heterocycles. The molecule has 0 spiro atoms. The highest BCUT2D eigenvalue weighted by Gasteiger charge is 2.44. The van der Waals surface area contributed by atoms with Gasteiger partial charge in [-0.1, -0.05) is 141 Å². The minimum atomic E-state index is -1.50. The number of benzene rings is 2. The molecule has 0 amide bonds. The fourth-order valence-electron chi connectivity index (χ4n) is 6.83. The molecule has 1 aliphatic carbocycles. The molecule has 4 heteroatoms. The largest absolute Gasteiger partial charge is 0.488 e. The van der Waals surface area contributed by atoms with Crippen LogP contribution in [-0.4, -0.2) is 25.2 Å². The van der Waals surface area contributed by atoms with Crippen LogP contribution in [0.3, 0.4) is 0 Å². The van der Waals surface area contributed by atoms with Crippen LogP contribution in [0, 0.1) is 23.7 Å². The van der Waals surface area contributed by atoms with Crippen LogP contribution < -0.4 is 10.6 Å². The summed E-state index contributed by atoms with van der Waals surface area (Å²) in [6.07, 6.45) is 12.5. The first-order valence-corrected chi connectivity index (χ1v) is 19.9. The van der Waals surface area contributed by atoms with Crippen molar-refractivity contribution in [3.63, 3.8) is 0 Å². The molecule has 2 aromatic carbocycles. The van der Waals surface area contributed by atoms with Gasteiger partial charge in [0.1, 0.15) is 0 Å². The SMILES string of the molecule is CC(C)CCC[C@H](C)CCC1(CC[C@@H](C)CCCC(C)C)c2cc(B(O)O)ccc2-c2ccc([Si](C)(C)C)cc21. The van der Waals surface area contributed by atoms with Gasteiger partial charge in [0.05, 0.1) is 8.07 Å². The molecule has 2 atom stereocenters. The molecule has 0 fully saturated rings. The predicted octanol–water partition coefficient (Wildman–Crippen LogP) is 8.66. The van der Waals surface area contributed by atoms with E-state index < -0.39 is 15.2 Å². The molecule has 3 rings (SSSR count). The fourth-order valence-corrected chi connectivity index (χ4v) is 7.99. The van der Waals surface area contributed by atoms with Crippen molar-refractivity contribution in [3.05, 3.63) is 47.5 Å². The van der Waals surface area contributed by atoms with Gasteiger partial charge in [0, 0.05) is 5.41 Å². The first-order valence-electron chi connectivity index (χ1n) is 16.4. The summed E-state index contributed by atoms with van der Waals surface area (Å²) in [5.74, 6) is 2.93. The topological polar surface area (TPSA) is 40.5 Å². The summed E-state index contributed by atoms with van der Waals surface area (Å²) in [5, 5.41) is 21.9. The minimum Gasteiger partial charge on any atom is -0.423 e. The van der Waals surface area contributed by atoms with Gasteiger partial charge in [-0.05, 0) is 77.1 Å². The summed E-state index contributed by atoms with van der Waals surface area (Å²) in [6.45, 7) is 21.6. The zero-order valence-corrected chi connectivity index (χ0v) is 28.3. The lowest BCUT2D eigenvalue weighted by molar-refractivity contribution is 0.327. The standard InChI is InChI=1S/C36H59BO2Si/c1-26(2)12-10-14-28(5)20-22-36(23-21-29(6)15-11-13-27(3)4)34-24-30(37(38)39)16-18-32(34)33-19-17-31(25-35(33)36)40(7,8)9/h16-19,24-29,38-39H,10-15,20-23H2,1-9H3/t28-,29-/m0/s1. The quantitative estimate of drug-likeness (QED) is 0.201. The molecule has 0 saturated carbocycles. The third-order valence-corrected chi connectivity index (χ3v) is 11.7. The van der Waals surface area contributed by atoms with Crippen LogP contribution in [-0.2, 0) is 5.41 Å². The molecule has 2 aromatic rings. The van der Waals surface area contributed by atoms with Gasteiger partial charge in [-0.3, -0.25) is 0 Å². The Labute approximate surface area is 248 Å². The zero-order chi connectivity index (χ0) is 29.7. The first kappa shape index (κ1) is 33.1. The lowest BCUT2D eigenvalue weighted by Gasteiger charge is -2.35. The van der Waals surface area contributed by atoms with Crippen molar-refractivity contribution in [3.8, 4) is 11.1 Å². The molecule has 1 aliphatic rings. The Morgan fingerprint density at radius 1 is 0.650 bits per heavy atom. The van der Waals surface area contributed by atoms with E-state index in [0.717, 1.165) is 24.7 Å². The second-order valence-corrected chi connectivity index (χ2v) is 20.3. The Hall–Kier alpha value is -1.36. The summed E-state index contributed by atoms with van der Waals surface area (Å²) in [5.41, 5.74) is 6.08. The van der Waals surface area contributed by atoms with Crippen molar-refractivity contribution in [1.82, 2.24) is 0 Å². The smallest absolute Gasteiger partial charge is 0.423 e. The van der Waals surface area contributed by atoms with Gasteiger partial charge in [0.15, 0.2) is 0 Å². The third-order valence-electron chi connectivity index (χ3n) is 9.63. The molecule has 0 aliphatic heterocycles. The molecule has 0 bridgehead atoms. The molecular formula is C36H59BO2Si. The van der Waals surface area contributed by atoms with Crippen LogP contribution in [0.2, 0.25) is 19.6 Å². The van der Waals surface area contributed by atoms with E-state index in [9.17, 15) is 10.0 Å². The zero-order valence-electron chi connectivity index (χ0n) is 27.3. The third kappa shape index (κ3) is 8.35. The maximum absolute atomic E-state index is 10.2. The number of rotatable bonds is 16. The average Bonchev–Trinajstić information content (AvgIpc) is 3.14. The molecule has 222 valence electrons. The van der Waals surface area contributed by atoms with Gasteiger partial charge in [0.25, 0.3) is 0 Å². The maximum Gasteiger partial charge on any atom is 0.488 e. The summed E-state index contributed by atoms with van der Waals surface area (Å²) < 4.78 is 0. The molecule has 0 radical (unpaired) electrons. The van der Waals surface area contributed by atoms with Crippen LogP contribution in [0.5, 0.6) is 0 Å². The molecule has 0 aromatic heterocycles. The minimum absolute atomic E-state index is 0.0656. The summed E-state index contributed by atoms with van der Waals surface area (Å²) in [7, 11) is -2.93.